The summed E-state index contributed by atoms with van der Waals surface area (Å²) >= 11 is 4.47. The minimum absolute atomic E-state index is 0.852. The highest BCUT2D eigenvalue weighted by Crippen LogP contribution is 2.12. The van der Waals surface area contributed by atoms with Gasteiger partial charge in [0.25, 0.3) is 0 Å². The number of rotatable bonds is 2. The first-order valence-corrected chi connectivity index (χ1v) is 3.75. The molecule has 0 aliphatic carbocycles. The second-order valence-corrected chi connectivity index (χ2v) is 2.27. The molecule has 1 aromatic carbocycles. The highest BCUT2D eigenvalue weighted by Gasteiger charge is 1.88. The number of hydrogen-bond donors (Lipinski definition) is 0. The molecule has 0 heterocycles. The van der Waals surface area contributed by atoms with Gasteiger partial charge in [-0.05, 0) is 36.3 Å². The van der Waals surface area contributed by atoms with Crippen molar-refractivity contribution in [1.82, 2.24) is 0 Å². The zero-order chi connectivity index (χ0) is 8.10. The highest BCUT2D eigenvalue weighted by atomic mass is 32.1. The molecular weight excluding hydrogens is 154 g/mol. The van der Waals surface area contributed by atoms with Gasteiger partial charge in [-0.1, -0.05) is 19.1 Å². The van der Waals surface area contributed by atoms with Crippen LogP contribution in [0.5, 0.6) is 0 Å². The Labute approximate surface area is 71.8 Å². The first-order valence-electron chi connectivity index (χ1n) is 3.34. The first kappa shape index (κ1) is 8.12. The monoisotopic (exact) mass is 162 g/mol. The summed E-state index contributed by atoms with van der Waals surface area (Å²) in [5.74, 6) is 0. The average Bonchev–Trinajstić information content (AvgIpc) is 2.07. The molecular formula is C9H8NS. The van der Waals surface area contributed by atoms with Gasteiger partial charge in [0.15, 0.2) is 0 Å². The van der Waals surface area contributed by atoms with Crippen LogP contribution in [0.15, 0.2) is 29.3 Å². The fourth-order valence-corrected chi connectivity index (χ4v) is 0.899. The van der Waals surface area contributed by atoms with Crippen LogP contribution in [0.3, 0.4) is 0 Å². The average molecular weight is 162 g/mol. The Kier molecular flexibility index (Phi) is 2.96. The van der Waals surface area contributed by atoms with E-state index >= 15 is 0 Å². The van der Waals surface area contributed by atoms with Crippen molar-refractivity contribution in [3.05, 3.63) is 36.2 Å². The lowest BCUT2D eigenvalue weighted by Gasteiger charge is -1.94. The molecule has 0 atom stereocenters. The summed E-state index contributed by atoms with van der Waals surface area (Å²) in [4.78, 5) is 3.83. The van der Waals surface area contributed by atoms with Crippen molar-refractivity contribution >= 4 is 23.1 Å². The van der Waals surface area contributed by atoms with E-state index < -0.39 is 0 Å². The Balaban J connectivity index is 2.91. The third kappa shape index (κ3) is 2.26. The standard InChI is InChI=1S/C9H8NS/c1-2-8-3-5-9(6-4-8)10-7-11/h2-6H,1H3. The minimum atomic E-state index is 0.852. The number of benzene rings is 1. The fraction of sp³-hybridized carbons (Fsp3) is 0.111. The minimum Gasteiger partial charge on any atom is -0.195 e. The molecule has 1 rings (SSSR count). The molecule has 0 amide bonds. The fourth-order valence-electron chi connectivity index (χ4n) is 0.794. The molecule has 1 nitrogen and oxygen atoms in total. The van der Waals surface area contributed by atoms with Gasteiger partial charge in [0.05, 0.1) is 10.8 Å². The van der Waals surface area contributed by atoms with Gasteiger partial charge in [0.2, 0.25) is 0 Å². The topological polar surface area (TPSA) is 12.4 Å². The van der Waals surface area contributed by atoms with Gasteiger partial charge in [-0.3, -0.25) is 0 Å². The summed E-state index contributed by atoms with van der Waals surface area (Å²) in [5.41, 5.74) is 2.04. The summed E-state index contributed by atoms with van der Waals surface area (Å²) < 4.78 is 0. The number of isothiocyanates is 1. The van der Waals surface area contributed by atoms with E-state index in [4.69, 9.17) is 0 Å². The second kappa shape index (κ2) is 4.02. The third-order valence-electron chi connectivity index (χ3n) is 1.40. The van der Waals surface area contributed by atoms with E-state index in [0.29, 0.717) is 0 Å². The Bertz CT molecular complexity index is 270. The van der Waals surface area contributed by atoms with E-state index in [0.717, 1.165) is 5.69 Å². The largest absolute Gasteiger partial charge is 0.195 e. The van der Waals surface area contributed by atoms with Gasteiger partial charge in [0, 0.05) is 0 Å². The van der Waals surface area contributed by atoms with Gasteiger partial charge >= 0.3 is 0 Å². The van der Waals surface area contributed by atoms with Crippen molar-refractivity contribution < 1.29 is 0 Å². The molecule has 0 saturated carbocycles. The van der Waals surface area contributed by atoms with Crippen LogP contribution in [0.25, 0.3) is 0 Å². The smallest absolute Gasteiger partial charge is 0.0739 e. The highest BCUT2D eigenvalue weighted by molar-refractivity contribution is 7.78. The van der Waals surface area contributed by atoms with Crippen molar-refractivity contribution in [3.63, 3.8) is 0 Å². The Hall–Kier alpha value is -0.980. The number of thiocarbonyl (C=S) groups is 1. The summed E-state index contributed by atoms with van der Waals surface area (Å²) in [5, 5.41) is 2.32. The van der Waals surface area contributed by atoms with Crippen LogP contribution in [0, 0.1) is 6.42 Å². The molecule has 0 fully saturated rings. The number of aliphatic imine (C=N–C) groups is 1. The Morgan fingerprint density at radius 2 is 2.00 bits per heavy atom. The van der Waals surface area contributed by atoms with E-state index in [-0.39, 0.29) is 0 Å². The van der Waals surface area contributed by atoms with E-state index in [1.54, 1.807) is 0 Å². The zero-order valence-electron chi connectivity index (χ0n) is 6.24. The molecule has 0 N–H and O–H groups in total. The van der Waals surface area contributed by atoms with Crippen LogP contribution in [0.1, 0.15) is 12.5 Å². The van der Waals surface area contributed by atoms with Crippen molar-refractivity contribution in [1.29, 1.82) is 0 Å². The van der Waals surface area contributed by atoms with Crippen molar-refractivity contribution in [2.24, 2.45) is 4.99 Å². The molecule has 2 heteroatoms. The second-order valence-electron chi connectivity index (χ2n) is 2.08. The molecule has 0 aromatic heterocycles. The lowest BCUT2D eigenvalue weighted by atomic mass is 10.2. The number of nitrogens with zero attached hydrogens (tertiary/aromatic N) is 1. The zero-order valence-corrected chi connectivity index (χ0v) is 7.06. The normalized spacial score (nSPS) is 8.82. The summed E-state index contributed by atoms with van der Waals surface area (Å²) in [6.07, 6.45) is 2.03. The van der Waals surface area contributed by atoms with Crippen molar-refractivity contribution in [2.75, 3.05) is 0 Å². The Morgan fingerprint density at radius 3 is 2.45 bits per heavy atom. The third-order valence-corrected chi connectivity index (χ3v) is 1.49. The van der Waals surface area contributed by atoms with Crippen LogP contribution in [-0.4, -0.2) is 5.16 Å². The predicted octanol–water partition coefficient (Wildman–Crippen LogP) is 2.99. The lowest BCUT2D eigenvalue weighted by Crippen LogP contribution is -1.73. The molecule has 0 saturated heterocycles. The summed E-state index contributed by atoms with van der Waals surface area (Å²) in [6, 6.07) is 7.81. The summed E-state index contributed by atoms with van der Waals surface area (Å²) in [7, 11) is 0. The van der Waals surface area contributed by atoms with Crippen molar-refractivity contribution in [3.8, 4) is 0 Å². The predicted molar refractivity (Wildman–Crippen MR) is 50.2 cm³/mol. The van der Waals surface area contributed by atoms with Crippen LogP contribution in [0.4, 0.5) is 5.69 Å². The van der Waals surface area contributed by atoms with E-state index in [1.807, 2.05) is 37.6 Å². The SMILES string of the molecule is C[CH]c1ccc(N=C=S)cc1. The quantitative estimate of drug-likeness (QED) is 0.481. The maximum Gasteiger partial charge on any atom is 0.0739 e. The maximum absolute atomic E-state index is 4.47. The molecule has 0 aliphatic rings. The van der Waals surface area contributed by atoms with Gasteiger partial charge in [-0.25, -0.2) is 0 Å². The van der Waals surface area contributed by atoms with Gasteiger partial charge in [0.1, 0.15) is 0 Å². The van der Waals surface area contributed by atoms with Gasteiger partial charge in [-0.15, -0.1) is 0 Å². The molecule has 0 unspecified atom stereocenters. The maximum atomic E-state index is 4.47. The molecule has 0 spiro atoms. The van der Waals surface area contributed by atoms with E-state index in [1.165, 1.54) is 5.56 Å². The summed E-state index contributed by atoms with van der Waals surface area (Å²) in [6.45, 7) is 2.00. The van der Waals surface area contributed by atoms with Gasteiger partial charge in [-0.2, -0.15) is 4.99 Å². The van der Waals surface area contributed by atoms with Crippen LogP contribution in [-0.2, 0) is 0 Å². The van der Waals surface area contributed by atoms with Crippen LogP contribution < -0.4 is 0 Å². The molecule has 11 heavy (non-hydrogen) atoms. The van der Waals surface area contributed by atoms with Crippen LogP contribution in [0.2, 0.25) is 0 Å². The lowest BCUT2D eigenvalue weighted by molar-refractivity contribution is 1.41. The first-order chi connectivity index (χ1) is 5.36. The van der Waals surface area contributed by atoms with E-state index in [9.17, 15) is 0 Å². The molecule has 0 bridgehead atoms. The van der Waals surface area contributed by atoms with Crippen LogP contribution >= 0.6 is 12.2 Å². The van der Waals surface area contributed by atoms with Gasteiger partial charge < -0.3 is 0 Å². The Morgan fingerprint density at radius 1 is 1.36 bits per heavy atom. The molecule has 1 radical (unpaired) electrons. The molecule has 55 valence electrons. The number of hydrogen-bond acceptors (Lipinski definition) is 2. The van der Waals surface area contributed by atoms with E-state index in [2.05, 4.69) is 22.4 Å². The molecule has 1 aromatic rings. The molecule has 0 aliphatic heterocycles. The van der Waals surface area contributed by atoms with Crippen molar-refractivity contribution in [2.45, 2.75) is 6.92 Å².